The van der Waals surface area contributed by atoms with Crippen LogP contribution in [0.4, 0.5) is 4.39 Å². The van der Waals surface area contributed by atoms with Crippen molar-refractivity contribution < 1.29 is 17.5 Å². The van der Waals surface area contributed by atoms with E-state index in [1.165, 1.54) is 24.4 Å². The minimum atomic E-state index is -3.96. The average Bonchev–Trinajstić information content (AvgIpc) is 3.10. The Labute approximate surface area is 158 Å². The van der Waals surface area contributed by atoms with Gasteiger partial charge in [-0.3, -0.25) is 0 Å². The molecule has 2 aromatic rings. The van der Waals surface area contributed by atoms with Gasteiger partial charge >= 0.3 is 0 Å². The van der Waals surface area contributed by atoms with E-state index >= 15 is 0 Å². The third kappa shape index (κ3) is 4.38. The molecule has 1 aliphatic rings. The van der Waals surface area contributed by atoms with Crippen molar-refractivity contribution in [3.8, 4) is 0 Å². The van der Waals surface area contributed by atoms with Crippen LogP contribution in [-0.4, -0.2) is 26.1 Å². The zero-order valence-electron chi connectivity index (χ0n) is 13.0. The van der Waals surface area contributed by atoms with Gasteiger partial charge in [0.25, 0.3) is 0 Å². The molecule has 2 atom stereocenters. The average molecular weight is 450 g/mol. The van der Waals surface area contributed by atoms with Crippen LogP contribution in [0, 0.1) is 5.82 Å². The van der Waals surface area contributed by atoms with Crippen LogP contribution >= 0.6 is 27.5 Å². The fourth-order valence-corrected chi connectivity index (χ4v) is 4.91. The first-order valence-electron chi connectivity index (χ1n) is 7.57. The summed E-state index contributed by atoms with van der Waals surface area (Å²) in [4.78, 5) is 3.72. The number of hydrogen-bond donors (Lipinski definition) is 1. The summed E-state index contributed by atoms with van der Waals surface area (Å²) in [7, 11) is -3.96. The Morgan fingerprint density at radius 2 is 2.08 bits per heavy atom. The number of aromatic nitrogens is 1. The van der Waals surface area contributed by atoms with Gasteiger partial charge in [-0.15, -0.1) is 0 Å². The van der Waals surface area contributed by atoms with Gasteiger partial charge in [-0.05, 0) is 52.5 Å². The first-order chi connectivity index (χ1) is 11.9. The molecule has 5 nitrogen and oxygen atoms in total. The summed E-state index contributed by atoms with van der Waals surface area (Å²) in [5.41, 5.74) is 0.621. The van der Waals surface area contributed by atoms with Crippen molar-refractivity contribution in [2.45, 2.75) is 29.9 Å². The molecule has 1 aromatic heterocycles. The van der Waals surface area contributed by atoms with Gasteiger partial charge in [0, 0.05) is 17.3 Å². The van der Waals surface area contributed by atoms with Gasteiger partial charge in [0.05, 0.1) is 12.1 Å². The van der Waals surface area contributed by atoms with Gasteiger partial charge in [-0.25, -0.2) is 22.5 Å². The molecule has 1 aromatic carbocycles. The van der Waals surface area contributed by atoms with Crippen molar-refractivity contribution in [3.05, 3.63) is 57.5 Å². The molecule has 1 fully saturated rings. The highest BCUT2D eigenvalue weighted by Gasteiger charge is 2.32. The van der Waals surface area contributed by atoms with Crippen LogP contribution in [0.5, 0.6) is 0 Å². The lowest BCUT2D eigenvalue weighted by Gasteiger charge is -2.24. The van der Waals surface area contributed by atoms with E-state index in [9.17, 15) is 12.8 Å². The van der Waals surface area contributed by atoms with Gasteiger partial charge in [0.2, 0.25) is 10.0 Å². The molecule has 0 unspecified atom stereocenters. The largest absolute Gasteiger partial charge is 0.376 e. The van der Waals surface area contributed by atoms with E-state index in [-0.39, 0.29) is 16.2 Å². The van der Waals surface area contributed by atoms with Gasteiger partial charge in [0.1, 0.15) is 15.9 Å². The molecule has 0 radical (unpaired) electrons. The molecule has 2 heterocycles. The number of ether oxygens (including phenoxy) is 1. The summed E-state index contributed by atoms with van der Waals surface area (Å²) in [6.45, 7) is 0.559. The Bertz CT molecular complexity index is 858. The first-order valence-corrected chi connectivity index (χ1v) is 10.2. The number of hydrogen-bond acceptors (Lipinski definition) is 4. The lowest BCUT2D eigenvalue weighted by Crippen LogP contribution is -2.36. The van der Waals surface area contributed by atoms with Gasteiger partial charge in [-0.2, -0.15) is 0 Å². The smallest absolute Gasteiger partial charge is 0.244 e. The van der Waals surface area contributed by atoms with Gasteiger partial charge in [0.15, 0.2) is 0 Å². The van der Waals surface area contributed by atoms with E-state index in [1.54, 1.807) is 12.1 Å². The summed E-state index contributed by atoms with van der Waals surface area (Å²) < 4.78 is 47.7. The van der Waals surface area contributed by atoms with Gasteiger partial charge in [-0.1, -0.05) is 23.7 Å². The van der Waals surface area contributed by atoms with E-state index in [0.29, 0.717) is 23.1 Å². The van der Waals surface area contributed by atoms with Crippen molar-refractivity contribution >= 4 is 37.6 Å². The second-order valence-electron chi connectivity index (χ2n) is 5.64. The normalized spacial score (nSPS) is 19.1. The quantitative estimate of drug-likeness (QED) is 0.704. The summed E-state index contributed by atoms with van der Waals surface area (Å²) in [6.07, 6.45) is 2.62. The zero-order valence-corrected chi connectivity index (χ0v) is 16.1. The number of nitrogens with zero attached hydrogens (tertiary/aromatic N) is 1. The zero-order chi connectivity index (χ0) is 18.0. The maximum atomic E-state index is 13.2. The molecule has 1 N–H and O–H groups in total. The number of sulfonamides is 1. The van der Waals surface area contributed by atoms with Crippen LogP contribution in [0.1, 0.15) is 24.4 Å². The van der Waals surface area contributed by atoms with Crippen molar-refractivity contribution in [1.82, 2.24) is 9.71 Å². The van der Waals surface area contributed by atoms with E-state index in [4.69, 9.17) is 16.3 Å². The number of nitrogens with one attached hydrogen (secondary N) is 1. The second-order valence-corrected chi connectivity index (χ2v) is 8.60. The predicted octanol–water partition coefficient (Wildman–Crippen LogP) is 3.84. The van der Waals surface area contributed by atoms with Crippen LogP contribution in [0.3, 0.4) is 0 Å². The van der Waals surface area contributed by atoms with E-state index in [0.717, 1.165) is 6.42 Å². The number of benzene rings is 1. The summed E-state index contributed by atoms with van der Waals surface area (Å²) in [5.74, 6) is -0.392. The van der Waals surface area contributed by atoms with Crippen LogP contribution in [0.15, 0.2) is 45.9 Å². The molecule has 0 saturated carbocycles. The van der Waals surface area contributed by atoms with Crippen molar-refractivity contribution in [1.29, 1.82) is 0 Å². The molecule has 0 amide bonds. The molecular weight excluding hydrogens is 435 g/mol. The molecular formula is C16H15BrClFN2O3S. The Morgan fingerprint density at radius 1 is 1.36 bits per heavy atom. The van der Waals surface area contributed by atoms with Crippen LogP contribution in [0.2, 0.25) is 5.15 Å². The predicted molar refractivity (Wildman–Crippen MR) is 95.4 cm³/mol. The van der Waals surface area contributed by atoms with Crippen LogP contribution in [0.25, 0.3) is 0 Å². The Balaban J connectivity index is 1.96. The van der Waals surface area contributed by atoms with E-state index in [2.05, 4.69) is 25.6 Å². The highest BCUT2D eigenvalue weighted by Crippen LogP contribution is 2.30. The highest BCUT2D eigenvalue weighted by molar-refractivity contribution is 9.10. The Morgan fingerprint density at radius 3 is 2.72 bits per heavy atom. The number of pyridine rings is 1. The molecule has 0 bridgehead atoms. The fourth-order valence-electron chi connectivity index (χ4n) is 2.72. The lowest BCUT2D eigenvalue weighted by molar-refractivity contribution is 0.0851. The fraction of sp³-hybridized carbons (Fsp3) is 0.312. The SMILES string of the molecule is O=S(=O)(N[C@H](c1ccc(F)cc1)[C@H]1CCCO1)c1cc(Br)cnc1Cl. The molecule has 1 aliphatic heterocycles. The maximum absolute atomic E-state index is 13.2. The third-order valence-electron chi connectivity index (χ3n) is 3.91. The van der Waals surface area contributed by atoms with Crippen molar-refractivity contribution in [2.75, 3.05) is 6.61 Å². The molecule has 9 heteroatoms. The number of halogens is 3. The van der Waals surface area contributed by atoms with Crippen molar-refractivity contribution in [2.24, 2.45) is 0 Å². The minimum absolute atomic E-state index is 0.124. The van der Waals surface area contributed by atoms with Gasteiger partial charge < -0.3 is 4.74 Å². The second kappa shape index (κ2) is 7.67. The summed E-state index contributed by atoms with van der Waals surface area (Å²) >= 11 is 9.15. The molecule has 134 valence electrons. The standard InChI is InChI=1S/C16H15BrClFN2O3S/c17-11-8-14(16(18)20-9-11)25(22,23)21-15(13-2-1-7-24-13)10-3-5-12(19)6-4-10/h3-6,8-9,13,15,21H,1-2,7H2/t13-,15-/m1/s1. The molecule has 0 aliphatic carbocycles. The molecule has 3 rings (SSSR count). The third-order valence-corrected chi connectivity index (χ3v) is 6.21. The summed E-state index contributed by atoms with van der Waals surface area (Å²) in [6, 6.07) is 6.41. The lowest BCUT2D eigenvalue weighted by atomic mass is 10.0. The molecule has 25 heavy (non-hydrogen) atoms. The topological polar surface area (TPSA) is 68.3 Å². The first kappa shape index (κ1) is 18.7. The highest BCUT2D eigenvalue weighted by atomic mass is 79.9. The Hall–Kier alpha value is -1.06. The summed E-state index contributed by atoms with van der Waals surface area (Å²) in [5, 5.41) is -0.124. The Kier molecular flexibility index (Phi) is 5.75. The van der Waals surface area contributed by atoms with E-state index in [1.807, 2.05) is 0 Å². The monoisotopic (exact) mass is 448 g/mol. The minimum Gasteiger partial charge on any atom is -0.376 e. The molecule has 0 spiro atoms. The van der Waals surface area contributed by atoms with Crippen LogP contribution < -0.4 is 4.72 Å². The number of rotatable bonds is 5. The maximum Gasteiger partial charge on any atom is 0.244 e. The van der Waals surface area contributed by atoms with Crippen molar-refractivity contribution in [3.63, 3.8) is 0 Å². The van der Waals surface area contributed by atoms with E-state index < -0.39 is 21.9 Å². The molecule has 1 saturated heterocycles. The van der Waals surface area contributed by atoms with Crippen LogP contribution in [-0.2, 0) is 14.8 Å².